The number of alkyl halides is 3. The van der Waals surface area contributed by atoms with Crippen molar-refractivity contribution in [1.82, 2.24) is 19.7 Å². The van der Waals surface area contributed by atoms with Crippen molar-refractivity contribution in [2.45, 2.75) is 25.6 Å². The Bertz CT molecular complexity index is 1420. The molecule has 2 aromatic heterocycles. The molecule has 1 N–H and O–H groups in total. The monoisotopic (exact) mass is 505 g/mol. The van der Waals surface area contributed by atoms with Crippen LogP contribution in [0.4, 0.5) is 27.9 Å². The Labute approximate surface area is 201 Å². The summed E-state index contributed by atoms with van der Waals surface area (Å²) < 4.78 is 75.0. The maximum absolute atomic E-state index is 14.7. The number of rotatable bonds is 4. The van der Waals surface area contributed by atoms with Gasteiger partial charge in [-0.15, -0.1) is 0 Å². The standard InChI is InChI=1S/C24H20F5N5O2/c1-13-21-18(34(32-13)17-10-16(24(27,28)29)19(25)22(35)20(17)26)11-30-23(31-21)33-7-8-36-12-15(33)9-14-5-3-2-4-6-14/h2-6,10-11,15,35H,7-9,12H2,1H3/t15-/m1/s1. The van der Waals surface area contributed by atoms with E-state index in [0.29, 0.717) is 37.8 Å². The zero-order valence-corrected chi connectivity index (χ0v) is 18.9. The lowest BCUT2D eigenvalue weighted by molar-refractivity contribution is -0.140. The van der Waals surface area contributed by atoms with E-state index in [1.807, 2.05) is 35.2 Å². The summed E-state index contributed by atoms with van der Waals surface area (Å²) in [4.78, 5) is 10.9. The minimum absolute atomic E-state index is 0.0604. The number of anilines is 1. The first-order valence-electron chi connectivity index (χ1n) is 11.0. The molecule has 1 atom stereocenters. The topological polar surface area (TPSA) is 76.3 Å². The fourth-order valence-electron chi connectivity index (χ4n) is 4.30. The number of phenols is 1. The van der Waals surface area contributed by atoms with Gasteiger partial charge in [-0.05, 0) is 25.0 Å². The molecule has 1 aliphatic rings. The second-order valence-corrected chi connectivity index (χ2v) is 8.43. The highest BCUT2D eigenvalue weighted by molar-refractivity contribution is 5.80. The minimum Gasteiger partial charge on any atom is -0.503 e. The Morgan fingerprint density at radius 2 is 1.89 bits per heavy atom. The van der Waals surface area contributed by atoms with Crippen molar-refractivity contribution < 1.29 is 31.8 Å². The summed E-state index contributed by atoms with van der Waals surface area (Å²) in [7, 11) is 0. The summed E-state index contributed by atoms with van der Waals surface area (Å²) in [5, 5.41) is 13.8. The molecule has 0 radical (unpaired) electrons. The summed E-state index contributed by atoms with van der Waals surface area (Å²) in [6, 6.07) is 10.0. The number of halogens is 5. The molecule has 12 heteroatoms. The van der Waals surface area contributed by atoms with E-state index in [4.69, 9.17) is 4.74 Å². The first-order chi connectivity index (χ1) is 17.1. The van der Waals surface area contributed by atoms with Crippen LogP contribution in [-0.4, -0.2) is 50.7 Å². The third-order valence-electron chi connectivity index (χ3n) is 6.07. The van der Waals surface area contributed by atoms with Crippen LogP contribution in [0.1, 0.15) is 16.8 Å². The molecule has 1 fully saturated rings. The summed E-state index contributed by atoms with van der Waals surface area (Å²) in [6.45, 7) is 2.99. The summed E-state index contributed by atoms with van der Waals surface area (Å²) >= 11 is 0. The van der Waals surface area contributed by atoms with E-state index in [1.54, 1.807) is 6.92 Å². The Kier molecular flexibility index (Phi) is 5.99. The maximum Gasteiger partial charge on any atom is 0.419 e. The molecular weight excluding hydrogens is 485 g/mol. The highest BCUT2D eigenvalue weighted by Crippen LogP contribution is 2.39. The van der Waals surface area contributed by atoms with E-state index in [2.05, 4.69) is 15.1 Å². The van der Waals surface area contributed by atoms with Crippen LogP contribution in [-0.2, 0) is 17.3 Å². The van der Waals surface area contributed by atoms with Gasteiger partial charge in [-0.3, -0.25) is 0 Å². The van der Waals surface area contributed by atoms with Gasteiger partial charge in [0.2, 0.25) is 5.95 Å². The Morgan fingerprint density at radius 3 is 2.61 bits per heavy atom. The quantitative estimate of drug-likeness (QED) is 0.410. The second-order valence-electron chi connectivity index (χ2n) is 8.43. The van der Waals surface area contributed by atoms with Crippen LogP contribution >= 0.6 is 0 Å². The molecule has 4 aromatic rings. The summed E-state index contributed by atoms with van der Waals surface area (Å²) in [6.07, 6.45) is -3.16. The number of phenolic OH excluding ortho intramolecular Hbond substituents is 1. The van der Waals surface area contributed by atoms with Crippen LogP contribution in [0.25, 0.3) is 16.7 Å². The van der Waals surface area contributed by atoms with Gasteiger partial charge in [0, 0.05) is 6.54 Å². The van der Waals surface area contributed by atoms with Crippen LogP contribution in [0.5, 0.6) is 5.75 Å². The highest BCUT2D eigenvalue weighted by Gasteiger charge is 2.38. The van der Waals surface area contributed by atoms with Gasteiger partial charge in [0.1, 0.15) is 16.7 Å². The van der Waals surface area contributed by atoms with E-state index < -0.39 is 34.8 Å². The Morgan fingerprint density at radius 1 is 1.14 bits per heavy atom. The third-order valence-corrected chi connectivity index (χ3v) is 6.07. The van der Waals surface area contributed by atoms with Crippen molar-refractivity contribution in [2.24, 2.45) is 0 Å². The molecule has 36 heavy (non-hydrogen) atoms. The summed E-state index contributed by atoms with van der Waals surface area (Å²) in [5.74, 6) is -5.04. The SMILES string of the molecule is Cc1nn(-c2cc(C(F)(F)F)c(F)c(O)c2F)c2cnc(N3CCOC[C@H]3Cc3ccccc3)nc12. The van der Waals surface area contributed by atoms with Gasteiger partial charge in [-0.2, -0.15) is 18.3 Å². The van der Waals surface area contributed by atoms with Crippen molar-refractivity contribution in [1.29, 1.82) is 0 Å². The number of aromatic nitrogens is 4. The predicted molar refractivity (Wildman–Crippen MR) is 120 cm³/mol. The van der Waals surface area contributed by atoms with Crippen LogP contribution in [0.2, 0.25) is 0 Å². The van der Waals surface area contributed by atoms with E-state index in [0.717, 1.165) is 10.2 Å². The fourth-order valence-corrected chi connectivity index (χ4v) is 4.30. The number of ether oxygens (including phenoxy) is 1. The van der Waals surface area contributed by atoms with Gasteiger partial charge in [0.25, 0.3) is 0 Å². The zero-order valence-electron chi connectivity index (χ0n) is 18.9. The molecule has 0 amide bonds. The van der Waals surface area contributed by atoms with Crippen LogP contribution in [0.15, 0.2) is 42.6 Å². The molecule has 0 spiro atoms. The zero-order chi connectivity index (χ0) is 25.6. The summed E-state index contributed by atoms with van der Waals surface area (Å²) in [5.41, 5.74) is -0.811. The Balaban J connectivity index is 1.56. The lowest BCUT2D eigenvalue weighted by Crippen LogP contribution is -2.47. The van der Waals surface area contributed by atoms with Crippen molar-refractivity contribution in [3.63, 3.8) is 0 Å². The lowest BCUT2D eigenvalue weighted by atomic mass is 10.0. The van der Waals surface area contributed by atoms with Crippen LogP contribution in [0.3, 0.4) is 0 Å². The molecule has 7 nitrogen and oxygen atoms in total. The lowest BCUT2D eigenvalue weighted by Gasteiger charge is -2.35. The smallest absolute Gasteiger partial charge is 0.419 e. The highest BCUT2D eigenvalue weighted by atomic mass is 19.4. The van der Waals surface area contributed by atoms with Crippen molar-refractivity contribution in [3.8, 4) is 11.4 Å². The average Bonchev–Trinajstić information content (AvgIpc) is 3.18. The molecule has 1 saturated heterocycles. The second kappa shape index (κ2) is 9.01. The number of hydrogen-bond acceptors (Lipinski definition) is 6. The largest absolute Gasteiger partial charge is 0.503 e. The molecule has 0 saturated carbocycles. The van der Waals surface area contributed by atoms with Crippen molar-refractivity contribution in [3.05, 3.63) is 71.1 Å². The number of aryl methyl sites for hydroxylation is 1. The van der Waals surface area contributed by atoms with Crippen molar-refractivity contribution in [2.75, 3.05) is 24.7 Å². The fraction of sp³-hybridized carbons (Fsp3) is 0.292. The molecule has 5 rings (SSSR count). The molecule has 0 aliphatic carbocycles. The van der Waals surface area contributed by atoms with Crippen LogP contribution in [0, 0.1) is 18.6 Å². The van der Waals surface area contributed by atoms with E-state index in [1.165, 1.54) is 6.20 Å². The molecule has 0 bridgehead atoms. The van der Waals surface area contributed by atoms with Crippen molar-refractivity contribution >= 4 is 17.0 Å². The van der Waals surface area contributed by atoms with Gasteiger partial charge >= 0.3 is 6.18 Å². The number of aromatic hydroxyl groups is 1. The maximum atomic E-state index is 14.7. The predicted octanol–water partition coefficient (Wildman–Crippen LogP) is 4.57. The van der Waals surface area contributed by atoms with E-state index in [9.17, 15) is 27.1 Å². The average molecular weight is 505 g/mol. The van der Waals surface area contributed by atoms with Gasteiger partial charge in [-0.25, -0.2) is 23.4 Å². The first kappa shape index (κ1) is 23.9. The van der Waals surface area contributed by atoms with Crippen LogP contribution < -0.4 is 4.90 Å². The van der Waals surface area contributed by atoms with Gasteiger partial charge < -0.3 is 14.7 Å². The van der Waals surface area contributed by atoms with Gasteiger partial charge in [-0.1, -0.05) is 30.3 Å². The third kappa shape index (κ3) is 4.21. The number of hydrogen-bond donors (Lipinski definition) is 1. The molecule has 2 aromatic carbocycles. The number of benzene rings is 2. The molecule has 188 valence electrons. The first-order valence-corrected chi connectivity index (χ1v) is 11.0. The molecule has 0 unspecified atom stereocenters. The van der Waals surface area contributed by atoms with E-state index in [-0.39, 0.29) is 23.1 Å². The number of fused-ring (bicyclic) bond motifs is 1. The number of morpholine rings is 1. The minimum atomic E-state index is -5.16. The normalized spacial score (nSPS) is 16.6. The van der Waals surface area contributed by atoms with Gasteiger partial charge in [0.05, 0.1) is 36.7 Å². The number of nitrogens with zero attached hydrogens (tertiary/aromatic N) is 5. The van der Waals surface area contributed by atoms with Gasteiger partial charge in [0.15, 0.2) is 17.4 Å². The Hall–Kier alpha value is -3.80. The molecular formula is C24H20F5N5O2. The molecule has 1 aliphatic heterocycles. The van der Waals surface area contributed by atoms with E-state index >= 15 is 0 Å². The molecule has 3 heterocycles.